The average molecular weight is 335 g/mol. The van der Waals surface area contributed by atoms with Crippen LogP contribution < -0.4 is 5.32 Å². The summed E-state index contributed by atoms with van der Waals surface area (Å²) in [5.41, 5.74) is 3.06. The summed E-state index contributed by atoms with van der Waals surface area (Å²) in [6, 6.07) is 5.85. The van der Waals surface area contributed by atoms with Crippen LogP contribution in [0, 0.1) is 13.8 Å². The molecule has 2 rings (SSSR count). The Morgan fingerprint density at radius 2 is 2.13 bits per heavy atom. The number of ether oxygens (including phenoxy) is 1. The van der Waals surface area contributed by atoms with Crippen LogP contribution in [-0.2, 0) is 14.3 Å². The van der Waals surface area contributed by atoms with E-state index in [0.29, 0.717) is 5.16 Å². The Labute approximate surface area is 137 Å². The Hall–Kier alpha value is -2.42. The first-order valence-corrected chi connectivity index (χ1v) is 7.82. The van der Waals surface area contributed by atoms with Crippen molar-refractivity contribution in [3.05, 3.63) is 29.3 Å². The molecule has 0 aliphatic carbocycles. The Balaban J connectivity index is 2.03. The minimum Gasteiger partial charge on any atom is -0.468 e. The Bertz CT molecular complexity index is 716. The van der Waals surface area contributed by atoms with Gasteiger partial charge in [0.15, 0.2) is 0 Å². The van der Waals surface area contributed by atoms with Gasteiger partial charge in [-0.1, -0.05) is 23.9 Å². The van der Waals surface area contributed by atoms with Crippen molar-refractivity contribution in [3.63, 3.8) is 0 Å². The molecule has 9 heteroatoms. The highest BCUT2D eigenvalue weighted by atomic mass is 32.2. The van der Waals surface area contributed by atoms with Crippen molar-refractivity contribution in [1.82, 2.24) is 25.5 Å². The zero-order valence-corrected chi connectivity index (χ0v) is 13.9. The lowest BCUT2D eigenvalue weighted by Crippen LogP contribution is -2.31. The number of thioether (sulfide) groups is 1. The molecule has 0 atom stereocenters. The normalized spacial score (nSPS) is 10.4. The maximum atomic E-state index is 11.7. The number of methoxy groups -OCH3 is 1. The van der Waals surface area contributed by atoms with Crippen LogP contribution in [0.25, 0.3) is 5.69 Å². The number of nitrogens with one attached hydrogen (secondary N) is 1. The Morgan fingerprint density at radius 3 is 2.87 bits per heavy atom. The molecule has 0 aliphatic rings. The third kappa shape index (κ3) is 4.28. The van der Waals surface area contributed by atoms with Crippen molar-refractivity contribution in [1.29, 1.82) is 0 Å². The van der Waals surface area contributed by atoms with E-state index in [2.05, 4.69) is 25.6 Å². The number of aryl methyl sites for hydroxylation is 1. The van der Waals surface area contributed by atoms with Gasteiger partial charge in [-0.2, -0.15) is 4.68 Å². The van der Waals surface area contributed by atoms with Gasteiger partial charge in [0.25, 0.3) is 0 Å². The highest BCUT2D eigenvalue weighted by Gasteiger charge is 2.14. The van der Waals surface area contributed by atoms with Crippen molar-refractivity contribution in [2.45, 2.75) is 19.0 Å². The van der Waals surface area contributed by atoms with E-state index in [-0.39, 0.29) is 18.2 Å². The van der Waals surface area contributed by atoms with Crippen molar-refractivity contribution in [2.75, 3.05) is 19.4 Å². The van der Waals surface area contributed by atoms with Crippen LogP contribution in [-0.4, -0.2) is 51.5 Å². The van der Waals surface area contributed by atoms with Crippen LogP contribution in [0.3, 0.4) is 0 Å². The zero-order valence-electron chi connectivity index (χ0n) is 13.1. The SMILES string of the molecule is COC(=O)CNC(=O)CSc1nnnn1-c1cccc(C)c1C. The van der Waals surface area contributed by atoms with Gasteiger partial charge in [-0.05, 0) is 41.5 Å². The molecule has 0 bridgehead atoms. The molecule has 8 nitrogen and oxygen atoms in total. The summed E-state index contributed by atoms with van der Waals surface area (Å²) in [6.45, 7) is 3.85. The number of hydrogen-bond donors (Lipinski definition) is 1. The lowest BCUT2D eigenvalue weighted by molar-refractivity contribution is -0.140. The van der Waals surface area contributed by atoms with Gasteiger partial charge in [-0.3, -0.25) is 9.59 Å². The fraction of sp³-hybridized carbons (Fsp3) is 0.357. The second kappa shape index (κ2) is 7.73. The monoisotopic (exact) mass is 335 g/mol. The molecule has 0 saturated heterocycles. The molecule has 0 spiro atoms. The highest BCUT2D eigenvalue weighted by Crippen LogP contribution is 2.22. The second-order valence-electron chi connectivity index (χ2n) is 4.73. The van der Waals surface area contributed by atoms with Crippen molar-refractivity contribution in [3.8, 4) is 5.69 Å². The average Bonchev–Trinajstić information content (AvgIpc) is 3.01. The van der Waals surface area contributed by atoms with Gasteiger partial charge in [0.2, 0.25) is 11.1 Å². The molecular formula is C14H17N5O3S. The molecule has 0 unspecified atom stereocenters. The van der Waals surface area contributed by atoms with Crippen molar-refractivity contribution >= 4 is 23.6 Å². The van der Waals surface area contributed by atoms with Crippen molar-refractivity contribution in [2.24, 2.45) is 0 Å². The summed E-state index contributed by atoms with van der Waals surface area (Å²) in [7, 11) is 1.27. The quantitative estimate of drug-likeness (QED) is 0.611. The minimum absolute atomic E-state index is 0.0994. The molecule has 1 aromatic carbocycles. The zero-order chi connectivity index (χ0) is 16.8. The number of benzene rings is 1. The molecular weight excluding hydrogens is 318 g/mol. The number of esters is 1. The predicted octanol–water partition coefficient (Wildman–Crippen LogP) is 0.660. The highest BCUT2D eigenvalue weighted by molar-refractivity contribution is 7.99. The number of carbonyl (C=O) groups is 2. The van der Waals surface area contributed by atoms with Crippen LogP contribution in [0.15, 0.2) is 23.4 Å². The van der Waals surface area contributed by atoms with Gasteiger partial charge >= 0.3 is 5.97 Å². The number of rotatable bonds is 6. The number of hydrogen-bond acceptors (Lipinski definition) is 7. The molecule has 0 saturated carbocycles. The van der Waals surface area contributed by atoms with E-state index in [4.69, 9.17) is 0 Å². The topological polar surface area (TPSA) is 99.0 Å². The maximum absolute atomic E-state index is 11.7. The van der Waals surface area contributed by atoms with Crippen LogP contribution in [0.4, 0.5) is 0 Å². The molecule has 1 amide bonds. The Morgan fingerprint density at radius 1 is 1.35 bits per heavy atom. The third-order valence-electron chi connectivity index (χ3n) is 3.24. The summed E-state index contributed by atoms with van der Waals surface area (Å²) < 4.78 is 6.05. The van der Waals surface area contributed by atoms with E-state index in [1.807, 2.05) is 32.0 Å². The molecule has 0 aliphatic heterocycles. The largest absolute Gasteiger partial charge is 0.468 e. The number of tetrazole rings is 1. The van der Waals surface area contributed by atoms with E-state index >= 15 is 0 Å². The van der Waals surface area contributed by atoms with Crippen molar-refractivity contribution < 1.29 is 14.3 Å². The maximum Gasteiger partial charge on any atom is 0.325 e. The van der Waals surface area contributed by atoms with Gasteiger partial charge in [-0.25, -0.2) is 0 Å². The molecule has 122 valence electrons. The van der Waals surface area contributed by atoms with E-state index in [0.717, 1.165) is 16.8 Å². The van der Waals surface area contributed by atoms with Crippen LogP contribution in [0.1, 0.15) is 11.1 Å². The summed E-state index contributed by atoms with van der Waals surface area (Å²) in [6.07, 6.45) is 0. The summed E-state index contributed by atoms with van der Waals surface area (Å²) in [4.78, 5) is 22.7. The van der Waals surface area contributed by atoms with Gasteiger partial charge in [0.1, 0.15) is 6.54 Å². The fourth-order valence-corrected chi connectivity index (χ4v) is 2.52. The van der Waals surface area contributed by atoms with E-state index in [1.165, 1.54) is 18.9 Å². The van der Waals surface area contributed by atoms with Gasteiger partial charge < -0.3 is 10.1 Å². The van der Waals surface area contributed by atoms with Crippen LogP contribution >= 0.6 is 11.8 Å². The fourth-order valence-electron chi connectivity index (χ4n) is 1.81. The number of amides is 1. The van der Waals surface area contributed by atoms with Crippen LogP contribution in [0.5, 0.6) is 0 Å². The Kier molecular flexibility index (Phi) is 5.69. The standard InChI is InChI=1S/C14H17N5O3S/c1-9-5-4-6-11(10(9)2)19-14(16-17-18-19)23-8-12(20)15-7-13(21)22-3/h4-6H,7-8H2,1-3H3,(H,15,20). The third-order valence-corrected chi connectivity index (χ3v) is 4.15. The number of aromatic nitrogens is 4. The molecule has 2 aromatic rings. The van der Waals surface area contributed by atoms with Gasteiger partial charge in [-0.15, -0.1) is 5.10 Å². The van der Waals surface area contributed by atoms with Gasteiger partial charge in [0, 0.05) is 0 Å². The lowest BCUT2D eigenvalue weighted by Gasteiger charge is -2.09. The summed E-state index contributed by atoms with van der Waals surface area (Å²) in [5, 5.41) is 14.6. The van der Waals surface area contributed by atoms with E-state index in [9.17, 15) is 9.59 Å². The summed E-state index contributed by atoms with van der Waals surface area (Å²) in [5.74, 6) is -0.693. The van der Waals surface area contributed by atoms with Gasteiger partial charge in [0.05, 0.1) is 18.6 Å². The number of carbonyl (C=O) groups excluding carboxylic acids is 2. The second-order valence-corrected chi connectivity index (χ2v) is 5.68. The molecule has 1 N–H and O–H groups in total. The summed E-state index contributed by atoms with van der Waals surface area (Å²) >= 11 is 1.19. The first kappa shape index (κ1) is 16.9. The first-order chi connectivity index (χ1) is 11.0. The molecule has 23 heavy (non-hydrogen) atoms. The molecule has 0 radical (unpaired) electrons. The van der Waals surface area contributed by atoms with E-state index < -0.39 is 5.97 Å². The minimum atomic E-state index is -0.497. The smallest absolute Gasteiger partial charge is 0.325 e. The molecule has 1 heterocycles. The first-order valence-electron chi connectivity index (χ1n) is 6.84. The lowest BCUT2D eigenvalue weighted by atomic mass is 10.1. The molecule has 0 fully saturated rings. The molecule has 1 aromatic heterocycles. The van der Waals surface area contributed by atoms with E-state index in [1.54, 1.807) is 4.68 Å². The number of nitrogens with zero attached hydrogens (tertiary/aromatic N) is 4. The predicted molar refractivity (Wildman–Crippen MR) is 84.4 cm³/mol. The van der Waals surface area contributed by atoms with Crippen LogP contribution in [0.2, 0.25) is 0 Å².